The predicted molar refractivity (Wildman–Crippen MR) is 132 cm³/mol. The van der Waals surface area contributed by atoms with Crippen molar-refractivity contribution in [1.29, 1.82) is 5.26 Å². The lowest BCUT2D eigenvalue weighted by atomic mass is 10.0. The SMILES string of the molecule is COc1ccc(-n2c(=NC#N)n(C)c3cnc4ccc(-c5ccc(C(F)(F)F)cc5)cc4c32)c(OC)c1. The number of fused-ring (bicyclic) bond motifs is 3. The van der Waals surface area contributed by atoms with E-state index in [-0.39, 0.29) is 0 Å². The van der Waals surface area contributed by atoms with Gasteiger partial charge in [0.25, 0.3) is 0 Å². The molecule has 0 aliphatic carbocycles. The van der Waals surface area contributed by atoms with Crippen molar-refractivity contribution in [3.05, 3.63) is 78.0 Å². The number of imidazole rings is 1. The van der Waals surface area contributed by atoms with Crippen molar-refractivity contribution in [3.8, 4) is 34.5 Å². The average molecular weight is 503 g/mol. The molecule has 37 heavy (non-hydrogen) atoms. The third-order valence-electron chi connectivity index (χ3n) is 6.23. The van der Waals surface area contributed by atoms with Crippen LogP contribution in [0.2, 0.25) is 0 Å². The molecule has 0 N–H and O–H groups in total. The summed E-state index contributed by atoms with van der Waals surface area (Å²) in [6, 6.07) is 15.8. The molecule has 2 heterocycles. The molecular formula is C27H20F3N5O2. The summed E-state index contributed by atoms with van der Waals surface area (Å²) in [6.45, 7) is 0. The van der Waals surface area contributed by atoms with Crippen LogP contribution in [0.5, 0.6) is 11.5 Å². The van der Waals surface area contributed by atoms with Crippen LogP contribution in [0, 0.1) is 11.5 Å². The molecule has 0 bridgehead atoms. The van der Waals surface area contributed by atoms with Crippen LogP contribution in [-0.4, -0.2) is 28.3 Å². The summed E-state index contributed by atoms with van der Waals surface area (Å²) in [5.41, 5.74) is 3.66. The Morgan fingerprint density at radius 3 is 2.32 bits per heavy atom. The third kappa shape index (κ3) is 4.04. The van der Waals surface area contributed by atoms with Gasteiger partial charge in [0.15, 0.2) is 0 Å². The topological polar surface area (TPSA) is 77.4 Å². The van der Waals surface area contributed by atoms with E-state index in [0.717, 1.165) is 17.5 Å². The van der Waals surface area contributed by atoms with Crippen LogP contribution in [0.4, 0.5) is 13.2 Å². The average Bonchev–Trinajstić information content (AvgIpc) is 3.19. The summed E-state index contributed by atoms with van der Waals surface area (Å²) in [5, 5.41) is 10.2. The number of benzene rings is 3. The van der Waals surface area contributed by atoms with Gasteiger partial charge in [0, 0.05) is 18.5 Å². The lowest BCUT2D eigenvalue weighted by Crippen LogP contribution is -2.23. The Balaban J connectivity index is 1.84. The third-order valence-corrected chi connectivity index (χ3v) is 6.23. The second kappa shape index (κ2) is 9.02. The molecule has 5 rings (SSSR count). The number of hydrogen-bond acceptors (Lipinski definition) is 5. The number of ether oxygens (including phenoxy) is 2. The lowest BCUT2D eigenvalue weighted by Gasteiger charge is -2.13. The first-order valence-electron chi connectivity index (χ1n) is 11.1. The summed E-state index contributed by atoms with van der Waals surface area (Å²) in [7, 11) is 4.86. The minimum Gasteiger partial charge on any atom is -0.497 e. The maximum absolute atomic E-state index is 13.1. The summed E-state index contributed by atoms with van der Waals surface area (Å²) < 4.78 is 53.7. The van der Waals surface area contributed by atoms with E-state index in [0.29, 0.717) is 50.5 Å². The number of rotatable bonds is 4. The standard InChI is InChI=1S/C27H20F3N5O2/c1-34-23-14-32-21-10-6-17(16-4-7-18(8-5-16)27(28,29)30)12-20(21)25(23)35(26(34)33-15-31)22-11-9-19(36-2)13-24(22)37-3/h4-14H,1-3H3. The molecule has 3 aromatic carbocycles. The van der Waals surface area contributed by atoms with Crippen molar-refractivity contribution in [3.63, 3.8) is 0 Å². The van der Waals surface area contributed by atoms with Gasteiger partial charge in [-0.3, -0.25) is 9.55 Å². The second-order valence-electron chi connectivity index (χ2n) is 8.24. The minimum absolute atomic E-state index is 0.343. The number of hydrogen-bond donors (Lipinski definition) is 0. The predicted octanol–water partition coefficient (Wildman–Crippen LogP) is 5.60. The molecule has 0 unspecified atom stereocenters. The molecule has 0 amide bonds. The molecule has 0 atom stereocenters. The first-order chi connectivity index (χ1) is 17.8. The van der Waals surface area contributed by atoms with Gasteiger partial charge in [0.1, 0.15) is 11.5 Å². The Morgan fingerprint density at radius 1 is 0.946 bits per heavy atom. The highest BCUT2D eigenvalue weighted by Gasteiger charge is 2.30. The van der Waals surface area contributed by atoms with E-state index in [2.05, 4.69) is 9.98 Å². The number of aromatic nitrogens is 3. The minimum atomic E-state index is -4.41. The van der Waals surface area contributed by atoms with Crippen molar-refractivity contribution in [2.75, 3.05) is 14.2 Å². The van der Waals surface area contributed by atoms with E-state index in [9.17, 15) is 18.4 Å². The van der Waals surface area contributed by atoms with Crippen LogP contribution in [0.1, 0.15) is 5.56 Å². The molecule has 0 aliphatic rings. The molecule has 5 aromatic rings. The zero-order valence-corrected chi connectivity index (χ0v) is 20.0. The summed E-state index contributed by atoms with van der Waals surface area (Å²) >= 11 is 0. The molecule has 186 valence electrons. The zero-order valence-electron chi connectivity index (χ0n) is 20.0. The fraction of sp³-hybridized carbons (Fsp3) is 0.148. The summed E-state index contributed by atoms with van der Waals surface area (Å²) in [6.07, 6.45) is -0.854. The first kappa shape index (κ1) is 23.9. The van der Waals surface area contributed by atoms with E-state index < -0.39 is 11.7 Å². The van der Waals surface area contributed by atoms with Gasteiger partial charge in [-0.15, -0.1) is 4.99 Å². The molecule has 0 fully saturated rings. The Morgan fingerprint density at radius 2 is 1.68 bits per heavy atom. The maximum Gasteiger partial charge on any atom is 0.416 e. The van der Waals surface area contributed by atoms with E-state index in [4.69, 9.17) is 9.47 Å². The quantitative estimate of drug-likeness (QED) is 0.299. The van der Waals surface area contributed by atoms with Crippen LogP contribution < -0.4 is 15.1 Å². The Labute approximate surface area is 209 Å². The largest absolute Gasteiger partial charge is 0.497 e. The van der Waals surface area contributed by atoms with Crippen molar-refractivity contribution in [2.45, 2.75) is 6.18 Å². The fourth-order valence-corrected chi connectivity index (χ4v) is 4.41. The molecule has 0 radical (unpaired) electrons. The molecule has 0 spiro atoms. The number of alkyl halides is 3. The number of nitrogens with zero attached hydrogens (tertiary/aromatic N) is 5. The number of aryl methyl sites for hydroxylation is 1. The number of nitriles is 1. The summed E-state index contributed by atoms with van der Waals surface area (Å²) in [4.78, 5) is 8.64. The molecule has 10 heteroatoms. The number of pyridine rings is 1. The van der Waals surface area contributed by atoms with Crippen LogP contribution in [0.15, 0.2) is 71.9 Å². The van der Waals surface area contributed by atoms with Gasteiger partial charge in [-0.05, 0) is 47.5 Å². The lowest BCUT2D eigenvalue weighted by molar-refractivity contribution is -0.137. The highest BCUT2D eigenvalue weighted by Crippen LogP contribution is 2.35. The molecule has 0 aliphatic heterocycles. The van der Waals surface area contributed by atoms with Crippen molar-refractivity contribution >= 4 is 21.9 Å². The van der Waals surface area contributed by atoms with Gasteiger partial charge in [0.2, 0.25) is 11.8 Å². The highest BCUT2D eigenvalue weighted by molar-refractivity contribution is 6.04. The van der Waals surface area contributed by atoms with Gasteiger partial charge in [0.05, 0.1) is 48.2 Å². The Hall–Kier alpha value is -4.78. The van der Waals surface area contributed by atoms with Gasteiger partial charge in [-0.25, -0.2) is 0 Å². The first-order valence-corrected chi connectivity index (χ1v) is 11.1. The highest BCUT2D eigenvalue weighted by atomic mass is 19.4. The van der Waals surface area contributed by atoms with Gasteiger partial charge >= 0.3 is 6.18 Å². The van der Waals surface area contributed by atoms with Crippen LogP contribution >= 0.6 is 0 Å². The number of halogens is 3. The molecule has 2 aromatic heterocycles. The van der Waals surface area contributed by atoms with Crippen molar-refractivity contribution < 1.29 is 22.6 Å². The monoisotopic (exact) mass is 503 g/mol. The van der Waals surface area contributed by atoms with Crippen LogP contribution in [0.3, 0.4) is 0 Å². The van der Waals surface area contributed by atoms with Gasteiger partial charge in [-0.2, -0.15) is 18.4 Å². The Kier molecular flexibility index (Phi) is 5.84. The van der Waals surface area contributed by atoms with E-state index in [1.165, 1.54) is 19.2 Å². The molecule has 0 saturated carbocycles. The van der Waals surface area contributed by atoms with E-state index >= 15 is 0 Å². The van der Waals surface area contributed by atoms with Crippen LogP contribution in [-0.2, 0) is 13.2 Å². The van der Waals surface area contributed by atoms with Crippen molar-refractivity contribution in [2.24, 2.45) is 12.0 Å². The van der Waals surface area contributed by atoms with E-state index in [1.807, 2.05) is 24.4 Å². The fourth-order valence-electron chi connectivity index (χ4n) is 4.41. The molecule has 7 nitrogen and oxygen atoms in total. The number of methoxy groups -OCH3 is 2. The van der Waals surface area contributed by atoms with Gasteiger partial charge in [-0.1, -0.05) is 18.2 Å². The Bertz CT molecular complexity index is 1760. The maximum atomic E-state index is 13.1. The smallest absolute Gasteiger partial charge is 0.416 e. The molecular weight excluding hydrogens is 483 g/mol. The van der Waals surface area contributed by atoms with Crippen molar-refractivity contribution in [1.82, 2.24) is 14.1 Å². The molecule has 0 saturated heterocycles. The normalized spacial score (nSPS) is 12.2. The second-order valence-corrected chi connectivity index (χ2v) is 8.24. The summed E-state index contributed by atoms with van der Waals surface area (Å²) in [5.74, 6) is 1.09. The van der Waals surface area contributed by atoms with Crippen LogP contribution in [0.25, 0.3) is 38.8 Å². The van der Waals surface area contributed by atoms with E-state index in [1.54, 1.807) is 47.7 Å². The zero-order chi connectivity index (χ0) is 26.3. The van der Waals surface area contributed by atoms with Gasteiger partial charge < -0.3 is 14.0 Å².